The van der Waals surface area contributed by atoms with Crippen molar-refractivity contribution < 1.29 is 19.1 Å². The first-order chi connectivity index (χ1) is 9.56. The second-order valence-corrected chi connectivity index (χ2v) is 4.78. The highest BCUT2D eigenvalue weighted by molar-refractivity contribution is 6.30. The number of hydrogen-bond acceptors (Lipinski definition) is 5. The molecule has 1 aromatic heterocycles. The van der Waals surface area contributed by atoms with Crippen molar-refractivity contribution in [2.24, 2.45) is 0 Å². The second kappa shape index (κ2) is 6.15. The van der Waals surface area contributed by atoms with E-state index in [4.69, 9.17) is 25.6 Å². The van der Waals surface area contributed by atoms with E-state index < -0.39 is 0 Å². The van der Waals surface area contributed by atoms with Crippen molar-refractivity contribution in [2.75, 3.05) is 7.11 Å². The first kappa shape index (κ1) is 14.7. The molecule has 5 nitrogen and oxygen atoms in total. The molecular formula is C14H16ClNO4. The van der Waals surface area contributed by atoms with Crippen molar-refractivity contribution in [1.82, 2.24) is 5.16 Å². The molecule has 0 amide bonds. The predicted molar refractivity (Wildman–Crippen MR) is 74.2 cm³/mol. The second-order valence-electron chi connectivity index (χ2n) is 4.35. The van der Waals surface area contributed by atoms with E-state index in [1.54, 1.807) is 12.1 Å². The van der Waals surface area contributed by atoms with Gasteiger partial charge in [-0.05, 0) is 19.9 Å². The third-order valence-electron chi connectivity index (χ3n) is 3.03. The smallest absolute Gasteiger partial charge is 0.167 e. The summed E-state index contributed by atoms with van der Waals surface area (Å²) in [5, 5.41) is 13.8. The minimum absolute atomic E-state index is 0.187. The fourth-order valence-electron chi connectivity index (χ4n) is 1.91. The van der Waals surface area contributed by atoms with Crippen molar-refractivity contribution in [2.45, 2.75) is 27.1 Å². The topological polar surface area (TPSA) is 64.7 Å². The average molecular weight is 298 g/mol. The lowest BCUT2D eigenvalue weighted by Crippen LogP contribution is -2.02. The van der Waals surface area contributed by atoms with Gasteiger partial charge in [-0.3, -0.25) is 0 Å². The highest BCUT2D eigenvalue weighted by atomic mass is 35.5. The Morgan fingerprint density at radius 1 is 1.35 bits per heavy atom. The van der Waals surface area contributed by atoms with E-state index in [-0.39, 0.29) is 13.2 Å². The number of nitrogens with zero attached hydrogens (tertiary/aromatic N) is 1. The van der Waals surface area contributed by atoms with E-state index >= 15 is 0 Å². The Morgan fingerprint density at radius 3 is 2.65 bits per heavy atom. The largest absolute Gasteiger partial charge is 0.493 e. The third-order valence-corrected chi connectivity index (χ3v) is 3.25. The van der Waals surface area contributed by atoms with E-state index in [9.17, 15) is 5.11 Å². The van der Waals surface area contributed by atoms with Gasteiger partial charge >= 0.3 is 0 Å². The maximum atomic E-state index is 9.40. The van der Waals surface area contributed by atoms with Gasteiger partial charge in [0.25, 0.3) is 0 Å². The van der Waals surface area contributed by atoms with Gasteiger partial charge in [0.15, 0.2) is 11.5 Å². The maximum Gasteiger partial charge on any atom is 0.167 e. The lowest BCUT2D eigenvalue weighted by atomic mass is 10.2. The number of aromatic nitrogens is 1. The van der Waals surface area contributed by atoms with Gasteiger partial charge in [-0.1, -0.05) is 16.8 Å². The Balaban J connectivity index is 2.29. The van der Waals surface area contributed by atoms with Crippen molar-refractivity contribution in [3.8, 4) is 11.5 Å². The molecule has 0 radical (unpaired) electrons. The molecule has 1 N–H and O–H groups in total. The zero-order valence-corrected chi connectivity index (χ0v) is 12.3. The van der Waals surface area contributed by atoms with Crippen molar-refractivity contribution in [3.63, 3.8) is 0 Å². The third kappa shape index (κ3) is 2.89. The summed E-state index contributed by atoms with van der Waals surface area (Å²) in [5.41, 5.74) is 2.23. The molecule has 0 saturated carbocycles. The molecule has 6 heteroatoms. The molecule has 1 aromatic carbocycles. The zero-order chi connectivity index (χ0) is 14.7. The summed E-state index contributed by atoms with van der Waals surface area (Å²) in [6.07, 6.45) is 0. The lowest BCUT2D eigenvalue weighted by Gasteiger charge is -2.14. The van der Waals surface area contributed by atoms with Crippen LogP contribution in [0.5, 0.6) is 11.5 Å². The molecule has 0 spiro atoms. The summed E-state index contributed by atoms with van der Waals surface area (Å²) in [7, 11) is 1.52. The molecule has 108 valence electrons. The number of hydrogen-bond donors (Lipinski definition) is 1. The van der Waals surface area contributed by atoms with Crippen LogP contribution in [0.1, 0.15) is 22.6 Å². The fourth-order valence-corrected chi connectivity index (χ4v) is 2.14. The molecule has 2 rings (SSSR count). The van der Waals surface area contributed by atoms with Crippen LogP contribution in [0.15, 0.2) is 16.7 Å². The average Bonchev–Trinajstić information content (AvgIpc) is 2.75. The number of aliphatic hydroxyl groups excluding tert-OH is 1. The summed E-state index contributed by atoms with van der Waals surface area (Å²) in [6, 6.07) is 3.29. The Morgan fingerprint density at radius 2 is 2.10 bits per heavy atom. The predicted octanol–water partition coefficient (Wildman–Crippen LogP) is 3.02. The number of benzene rings is 1. The molecule has 0 unspecified atom stereocenters. The van der Waals surface area contributed by atoms with Gasteiger partial charge in [-0.2, -0.15) is 0 Å². The van der Waals surface area contributed by atoms with Crippen LogP contribution in [0, 0.1) is 13.8 Å². The quantitative estimate of drug-likeness (QED) is 0.919. The van der Waals surface area contributed by atoms with Crippen LogP contribution < -0.4 is 9.47 Å². The standard InChI is InChI=1S/C14H16ClNO4/c1-8-12(9(2)20-16-8)7-19-14-10(6-17)4-11(15)5-13(14)18-3/h4-5,17H,6-7H2,1-3H3. The monoisotopic (exact) mass is 297 g/mol. The first-order valence-corrected chi connectivity index (χ1v) is 6.46. The Kier molecular flexibility index (Phi) is 4.52. The van der Waals surface area contributed by atoms with Gasteiger partial charge < -0.3 is 19.1 Å². The van der Waals surface area contributed by atoms with E-state index in [0.29, 0.717) is 27.8 Å². The molecule has 0 atom stereocenters. The van der Waals surface area contributed by atoms with Crippen molar-refractivity contribution in [3.05, 3.63) is 39.7 Å². The SMILES string of the molecule is COc1cc(Cl)cc(CO)c1OCc1c(C)noc1C. The van der Waals surface area contributed by atoms with Crippen LogP contribution >= 0.6 is 11.6 Å². The Bertz CT molecular complexity index is 565. The molecule has 0 bridgehead atoms. The minimum Gasteiger partial charge on any atom is -0.493 e. The molecule has 0 aliphatic rings. The summed E-state index contributed by atoms with van der Waals surface area (Å²) >= 11 is 5.96. The lowest BCUT2D eigenvalue weighted by molar-refractivity contribution is 0.248. The van der Waals surface area contributed by atoms with E-state index in [1.807, 2.05) is 13.8 Å². The maximum absolute atomic E-state index is 9.40. The van der Waals surface area contributed by atoms with Crippen LogP contribution in [0.3, 0.4) is 0 Å². The first-order valence-electron chi connectivity index (χ1n) is 6.08. The number of aliphatic hydroxyl groups is 1. The molecule has 0 fully saturated rings. The molecule has 0 saturated heterocycles. The van der Waals surface area contributed by atoms with E-state index in [0.717, 1.165) is 11.3 Å². The summed E-state index contributed by atoms with van der Waals surface area (Å²) in [5.74, 6) is 1.66. The summed E-state index contributed by atoms with van der Waals surface area (Å²) in [4.78, 5) is 0. The number of rotatable bonds is 5. The van der Waals surface area contributed by atoms with Crippen LogP contribution in [-0.4, -0.2) is 17.4 Å². The van der Waals surface area contributed by atoms with Crippen LogP contribution in [0.4, 0.5) is 0 Å². The van der Waals surface area contributed by atoms with Gasteiger partial charge in [0, 0.05) is 16.7 Å². The van der Waals surface area contributed by atoms with Crippen LogP contribution in [0.25, 0.3) is 0 Å². The Hall–Kier alpha value is -1.72. The zero-order valence-electron chi connectivity index (χ0n) is 11.6. The van der Waals surface area contributed by atoms with Gasteiger partial charge in [0.1, 0.15) is 12.4 Å². The molecule has 0 aliphatic carbocycles. The van der Waals surface area contributed by atoms with Gasteiger partial charge in [0.2, 0.25) is 0 Å². The molecule has 0 aliphatic heterocycles. The summed E-state index contributed by atoms with van der Waals surface area (Å²) in [6.45, 7) is 3.77. The number of halogens is 1. The van der Waals surface area contributed by atoms with Crippen LogP contribution in [0.2, 0.25) is 5.02 Å². The van der Waals surface area contributed by atoms with Gasteiger partial charge in [0.05, 0.1) is 25.0 Å². The number of aryl methyl sites for hydroxylation is 2. The molecule has 1 heterocycles. The number of ether oxygens (including phenoxy) is 2. The van der Waals surface area contributed by atoms with E-state index in [1.165, 1.54) is 7.11 Å². The fraction of sp³-hybridized carbons (Fsp3) is 0.357. The summed E-state index contributed by atoms with van der Waals surface area (Å²) < 4.78 is 16.1. The number of methoxy groups -OCH3 is 1. The molecule has 20 heavy (non-hydrogen) atoms. The highest BCUT2D eigenvalue weighted by Crippen LogP contribution is 2.35. The van der Waals surface area contributed by atoms with Crippen molar-refractivity contribution >= 4 is 11.6 Å². The molecular weight excluding hydrogens is 282 g/mol. The van der Waals surface area contributed by atoms with Gasteiger partial charge in [-0.25, -0.2) is 0 Å². The Labute approximate surface area is 122 Å². The normalized spacial score (nSPS) is 10.7. The van der Waals surface area contributed by atoms with Crippen molar-refractivity contribution in [1.29, 1.82) is 0 Å². The van der Waals surface area contributed by atoms with Crippen LogP contribution in [-0.2, 0) is 13.2 Å². The molecule has 2 aromatic rings. The van der Waals surface area contributed by atoms with E-state index in [2.05, 4.69) is 5.16 Å². The van der Waals surface area contributed by atoms with Gasteiger partial charge in [-0.15, -0.1) is 0 Å². The highest BCUT2D eigenvalue weighted by Gasteiger charge is 2.15. The minimum atomic E-state index is -0.187.